The van der Waals surface area contributed by atoms with Crippen LogP contribution in [-0.4, -0.2) is 47.1 Å². The molecule has 0 spiro atoms. The second-order valence-corrected chi connectivity index (χ2v) is 4.34. The molecule has 1 heterocycles. The highest BCUT2D eigenvalue weighted by Gasteiger charge is 2.27. The SMILES string of the molecule is COc1cc([N+](=O)[O-])ccc1C(=O)N1CC[C@@H](O)C1. The molecule has 1 saturated heterocycles. The van der Waals surface area contributed by atoms with Crippen LogP contribution in [0.5, 0.6) is 5.75 Å². The van der Waals surface area contributed by atoms with Crippen LogP contribution in [0.15, 0.2) is 18.2 Å². The van der Waals surface area contributed by atoms with E-state index >= 15 is 0 Å². The Bertz CT molecular complexity index is 517. The Balaban J connectivity index is 2.29. The van der Waals surface area contributed by atoms with Gasteiger partial charge in [0.25, 0.3) is 11.6 Å². The third-order valence-electron chi connectivity index (χ3n) is 3.08. The molecule has 1 aromatic rings. The van der Waals surface area contributed by atoms with Gasteiger partial charge in [-0.3, -0.25) is 14.9 Å². The highest BCUT2D eigenvalue weighted by Crippen LogP contribution is 2.26. The molecule has 0 aliphatic carbocycles. The van der Waals surface area contributed by atoms with E-state index in [2.05, 4.69) is 0 Å². The van der Waals surface area contributed by atoms with Gasteiger partial charge in [0.1, 0.15) is 5.75 Å². The number of nitro groups is 1. The molecular formula is C12H14N2O5. The van der Waals surface area contributed by atoms with E-state index in [1.54, 1.807) is 0 Å². The number of carbonyl (C=O) groups excluding carboxylic acids is 1. The molecule has 1 fully saturated rings. The van der Waals surface area contributed by atoms with E-state index in [1.165, 1.54) is 30.2 Å². The lowest BCUT2D eigenvalue weighted by Crippen LogP contribution is -2.29. The number of methoxy groups -OCH3 is 1. The summed E-state index contributed by atoms with van der Waals surface area (Å²) in [5, 5.41) is 20.1. The highest BCUT2D eigenvalue weighted by atomic mass is 16.6. The smallest absolute Gasteiger partial charge is 0.273 e. The molecule has 0 saturated carbocycles. The second kappa shape index (κ2) is 5.23. The van der Waals surface area contributed by atoms with Gasteiger partial charge in [0, 0.05) is 19.2 Å². The first-order chi connectivity index (χ1) is 9.02. The Morgan fingerprint density at radius 2 is 2.32 bits per heavy atom. The van der Waals surface area contributed by atoms with Crippen LogP contribution >= 0.6 is 0 Å². The number of nitro benzene ring substituents is 1. The summed E-state index contributed by atoms with van der Waals surface area (Å²) in [4.78, 5) is 23.9. The molecule has 1 atom stereocenters. The number of carbonyl (C=O) groups is 1. The van der Waals surface area contributed by atoms with Crippen molar-refractivity contribution in [2.45, 2.75) is 12.5 Å². The summed E-state index contributed by atoms with van der Waals surface area (Å²) in [5.74, 6) is -0.121. The standard InChI is InChI=1S/C12H14N2O5/c1-19-11-6-8(14(17)18)2-3-10(11)12(16)13-5-4-9(15)7-13/h2-3,6,9,15H,4-5,7H2,1H3/t9-/m1/s1. The number of non-ortho nitro benzene ring substituents is 1. The fraction of sp³-hybridized carbons (Fsp3) is 0.417. The summed E-state index contributed by atoms with van der Waals surface area (Å²) in [7, 11) is 1.36. The minimum absolute atomic E-state index is 0.130. The van der Waals surface area contributed by atoms with Crippen molar-refractivity contribution in [3.63, 3.8) is 0 Å². The van der Waals surface area contributed by atoms with Crippen molar-refractivity contribution < 1.29 is 19.6 Å². The average Bonchev–Trinajstić information content (AvgIpc) is 2.83. The maximum Gasteiger partial charge on any atom is 0.273 e. The van der Waals surface area contributed by atoms with Crippen LogP contribution in [0.2, 0.25) is 0 Å². The lowest BCUT2D eigenvalue weighted by Gasteiger charge is -2.17. The van der Waals surface area contributed by atoms with Crippen molar-refractivity contribution in [1.82, 2.24) is 4.90 Å². The zero-order valence-electron chi connectivity index (χ0n) is 10.4. The monoisotopic (exact) mass is 266 g/mol. The van der Waals surface area contributed by atoms with Crippen molar-refractivity contribution in [1.29, 1.82) is 0 Å². The molecule has 0 bridgehead atoms. The molecule has 0 aromatic heterocycles. The van der Waals surface area contributed by atoms with Crippen LogP contribution in [-0.2, 0) is 0 Å². The highest BCUT2D eigenvalue weighted by molar-refractivity contribution is 5.97. The van der Waals surface area contributed by atoms with Gasteiger partial charge >= 0.3 is 0 Å². The van der Waals surface area contributed by atoms with Gasteiger partial charge in [-0.2, -0.15) is 0 Å². The van der Waals surface area contributed by atoms with Gasteiger partial charge in [-0.05, 0) is 12.5 Å². The molecule has 0 unspecified atom stereocenters. The quantitative estimate of drug-likeness (QED) is 0.645. The number of amides is 1. The Kier molecular flexibility index (Phi) is 3.66. The normalized spacial score (nSPS) is 18.4. The van der Waals surface area contributed by atoms with Crippen LogP contribution in [0.3, 0.4) is 0 Å². The molecule has 1 aliphatic rings. The molecule has 2 rings (SSSR count). The number of hydrogen-bond acceptors (Lipinski definition) is 5. The van der Waals surface area contributed by atoms with Gasteiger partial charge in [0.15, 0.2) is 0 Å². The van der Waals surface area contributed by atoms with Gasteiger partial charge in [-0.15, -0.1) is 0 Å². The van der Waals surface area contributed by atoms with Gasteiger partial charge in [-0.25, -0.2) is 0 Å². The van der Waals surface area contributed by atoms with E-state index in [1.807, 2.05) is 0 Å². The van der Waals surface area contributed by atoms with E-state index in [4.69, 9.17) is 4.74 Å². The summed E-state index contributed by atoms with van der Waals surface area (Å²) in [6.07, 6.45) is 0.0362. The van der Waals surface area contributed by atoms with E-state index in [9.17, 15) is 20.0 Å². The minimum atomic E-state index is -0.545. The van der Waals surface area contributed by atoms with E-state index in [0.29, 0.717) is 13.0 Å². The van der Waals surface area contributed by atoms with Gasteiger partial charge in [0.2, 0.25) is 0 Å². The predicted octanol–water partition coefficient (Wildman–Crippen LogP) is 0.810. The van der Waals surface area contributed by atoms with Gasteiger partial charge < -0.3 is 14.7 Å². The lowest BCUT2D eigenvalue weighted by molar-refractivity contribution is -0.384. The first kappa shape index (κ1) is 13.3. The van der Waals surface area contributed by atoms with Gasteiger partial charge in [-0.1, -0.05) is 0 Å². The number of β-amino-alcohol motifs (C(OH)–C–C–N with tert-alkyl or cyclic N) is 1. The van der Waals surface area contributed by atoms with Crippen molar-refractivity contribution in [3.8, 4) is 5.75 Å². The number of nitrogens with zero attached hydrogens (tertiary/aromatic N) is 2. The first-order valence-corrected chi connectivity index (χ1v) is 5.82. The summed E-state index contributed by atoms with van der Waals surface area (Å²) < 4.78 is 5.03. The van der Waals surface area contributed by atoms with E-state index in [-0.39, 0.29) is 29.5 Å². The van der Waals surface area contributed by atoms with E-state index in [0.717, 1.165) is 0 Å². The molecule has 102 valence electrons. The number of ether oxygens (including phenoxy) is 1. The summed E-state index contributed by atoms with van der Waals surface area (Å²) >= 11 is 0. The van der Waals surface area contributed by atoms with Crippen molar-refractivity contribution in [2.75, 3.05) is 20.2 Å². The van der Waals surface area contributed by atoms with Crippen LogP contribution in [0.25, 0.3) is 0 Å². The number of likely N-dealkylation sites (tertiary alicyclic amines) is 1. The van der Waals surface area contributed by atoms with E-state index < -0.39 is 11.0 Å². The van der Waals surface area contributed by atoms with Crippen LogP contribution < -0.4 is 4.74 Å². The zero-order chi connectivity index (χ0) is 14.0. The molecule has 19 heavy (non-hydrogen) atoms. The molecule has 1 N–H and O–H groups in total. The largest absolute Gasteiger partial charge is 0.496 e. The fourth-order valence-electron chi connectivity index (χ4n) is 2.07. The van der Waals surface area contributed by atoms with Crippen molar-refractivity contribution in [2.24, 2.45) is 0 Å². The van der Waals surface area contributed by atoms with Crippen LogP contribution in [0, 0.1) is 10.1 Å². The van der Waals surface area contributed by atoms with Crippen LogP contribution in [0.1, 0.15) is 16.8 Å². The van der Waals surface area contributed by atoms with Crippen molar-refractivity contribution in [3.05, 3.63) is 33.9 Å². The zero-order valence-corrected chi connectivity index (χ0v) is 10.4. The number of benzene rings is 1. The Hall–Kier alpha value is -2.15. The fourth-order valence-corrected chi connectivity index (χ4v) is 2.07. The lowest BCUT2D eigenvalue weighted by atomic mass is 10.1. The maximum absolute atomic E-state index is 12.2. The third-order valence-corrected chi connectivity index (χ3v) is 3.08. The maximum atomic E-state index is 12.2. The first-order valence-electron chi connectivity index (χ1n) is 5.82. The summed E-state index contributed by atoms with van der Waals surface area (Å²) in [6, 6.07) is 3.87. The molecule has 1 aromatic carbocycles. The Labute approximate surface area is 109 Å². The minimum Gasteiger partial charge on any atom is -0.496 e. The summed E-state index contributed by atoms with van der Waals surface area (Å²) in [5.41, 5.74) is 0.136. The number of aliphatic hydroxyl groups is 1. The molecular weight excluding hydrogens is 252 g/mol. The molecule has 0 radical (unpaired) electrons. The topological polar surface area (TPSA) is 92.9 Å². The summed E-state index contributed by atoms with van der Waals surface area (Å²) in [6.45, 7) is 0.749. The predicted molar refractivity (Wildman–Crippen MR) is 66.2 cm³/mol. The third kappa shape index (κ3) is 2.65. The van der Waals surface area contributed by atoms with Gasteiger partial charge in [0.05, 0.1) is 29.8 Å². The molecule has 1 amide bonds. The molecule has 7 heteroatoms. The number of aliphatic hydroxyl groups excluding tert-OH is 1. The number of hydrogen-bond donors (Lipinski definition) is 1. The molecule has 7 nitrogen and oxygen atoms in total. The Morgan fingerprint density at radius 1 is 1.58 bits per heavy atom. The Morgan fingerprint density at radius 3 is 2.84 bits per heavy atom. The number of rotatable bonds is 3. The van der Waals surface area contributed by atoms with Crippen LogP contribution in [0.4, 0.5) is 5.69 Å². The second-order valence-electron chi connectivity index (χ2n) is 4.34. The van der Waals surface area contributed by atoms with Crippen molar-refractivity contribution >= 4 is 11.6 Å². The average molecular weight is 266 g/mol. The molecule has 1 aliphatic heterocycles.